The van der Waals surface area contributed by atoms with Crippen molar-refractivity contribution in [3.05, 3.63) is 48.0 Å². The molecule has 2 aliphatic rings. The van der Waals surface area contributed by atoms with Crippen molar-refractivity contribution in [2.45, 2.75) is 29.6 Å². The zero-order valence-corrected chi connectivity index (χ0v) is 21.1. The zero-order valence-electron chi connectivity index (χ0n) is 19.5. The number of carbonyl (C=O) groups is 1. The number of nitrogens with one attached hydrogen (secondary N) is 1. The van der Waals surface area contributed by atoms with Gasteiger partial charge in [-0.3, -0.25) is 4.79 Å². The monoisotopic (exact) mass is 523 g/mol. The van der Waals surface area contributed by atoms with E-state index in [4.69, 9.17) is 9.47 Å². The molecule has 190 valence electrons. The number of hydrogen-bond acceptors (Lipinski definition) is 7. The fraction of sp³-hybridized carbons (Fsp3) is 0.435. The Balaban J connectivity index is 1.32. The Kier molecular flexibility index (Phi) is 7.77. The fourth-order valence-electron chi connectivity index (χ4n) is 4.14. The van der Waals surface area contributed by atoms with Gasteiger partial charge >= 0.3 is 0 Å². The second-order valence-corrected chi connectivity index (χ2v) is 12.0. The molecular formula is C23H29N3O7S2. The van der Waals surface area contributed by atoms with Crippen LogP contribution < -0.4 is 14.4 Å². The Morgan fingerprint density at radius 1 is 1.00 bits per heavy atom. The van der Waals surface area contributed by atoms with Crippen LogP contribution in [0.25, 0.3) is 0 Å². The number of ether oxygens (including phenoxy) is 2. The first kappa shape index (κ1) is 25.6. The second kappa shape index (κ2) is 10.6. The summed E-state index contributed by atoms with van der Waals surface area (Å²) in [5.74, 6) is 0.367. The van der Waals surface area contributed by atoms with E-state index < -0.39 is 20.0 Å². The van der Waals surface area contributed by atoms with E-state index in [-0.39, 0.29) is 28.8 Å². The number of carbonyl (C=O) groups excluding carboxylic acids is 1. The minimum absolute atomic E-state index is 0.0345. The highest BCUT2D eigenvalue weighted by atomic mass is 32.2. The van der Waals surface area contributed by atoms with Crippen LogP contribution in [-0.2, 0) is 36.0 Å². The van der Waals surface area contributed by atoms with Crippen molar-refractivity contribution in [3.8, 4) is 5.75 Å². The Bertz CT molecular complexity index is 1270. The van der Waals surface area contributed by atoms with E-state index in [0.29, 0.717) is 45.0 Å². The molecule has 10 nitrogen and oxygen atoms in total. The Morgan fingerprint density at radius 2 is 1.69 bits per heavy atom. The van der Waals surface area contributed by atoms with Gasteiger partial charge in [0.25, 0.3) is 0 Å². The lowest BCUT2D eigenvalue weighted by molar-refractivity contribution is -0.116. The van der Waals surface area contributed by atoms with E-state index in [0.717, 1.165) is 17.7 Å². The van der Waals surface area contributed by atoms with E-state index in [1.54, 1.807) is 29.2 Å². The van der Waals surface area contributed by atoms with Crippen LogP contribution in [0.3, 0.4) is 0 Å². The van der Waals surface area contributed by atoms with Crippen molar-refractivity contribution in [1.29, 1.82) is 0 Å². The lowest BCUT2D eigenvalue weighted by Crippen LogP contribution is -2.40. The largest absolute Gasteiger partial charge is 0.492 e. The average molecular weight is 524 g/mol. The van der Waals surface area contributed by atoms with Gasteiger partial charge in [-0.15, -0.1) is 0 Å². The van der Waals surface area contributed by atoms with Crippen molar-refractivity contribution in [3.63, 3.8) is 0 Å². The Hall–Kier alpha value is -2.51. The quantitative estimate of drug-likeness (QED) is 0.519. The van der Waals surface area contributed by atoms with Crippen LogP contribution in [0.15, 0.2) is 52.3 Å². The van der Waals surface area contributed by atoms with Gasteiger partial charge in [0.15, 0.2) is 0 Å². The van der Waals surface area contributed by atoms with Gasteiger partial charge in [0, 0.05) is 38.8 Å². The van der Waals surface area contributed by atoms with Gasteiger partial charge in [0.05, 0.1) is 23.0 Å². The Morgan fingerprint density at radius 3 is 2.37 bits per heavy atom. The third kappa shape index (κ3) is 5.84. The number of nitrogens with zero attached hydrogens (tertiary/aromatic N) is 2. The molecule has 0 spiro atoms. The molecule has 2 aromatic carbocycles. The van der Waals surface area contributed by atoms with Crippen LogP contribution in [0.4, 0.5) is 5.69 Å². The van der Waals surface area contributed by atoms with Crippen molar-refractivity contribution in [2.24, 2.45) is 0 Å². The van der Waals surface area contributed by atoms with E-state index in [2.05, 4.69) is 4.72 Å². The maximum atomic E-state index is 12.7. The minimum Gasteiger partial charge on any atom is -0.492 e. The number of rotatable bonds is 8. The fourth-order valence-corrected chi connectivity index (χ4v) is 6.61. The lowest BCUT2D eigenvalue weighted by Gasteiger charge is -2.28. The first-order valence-corrected chi connectivity index (χ1v) is 14.3. The number of benzene rings is 2. The van der Waals surface area contributed by atoms with Gasteiger partial charge in [-0.1, -0.05) is 0 Å². The van der Waals surface area contributed by atoms with Crippen molar-refractivity contribution < 1.29 is 31.1 Å². The van der Waals surface area contributed by atoms with Crippen molar-refractivity contribution in [1.82, 2.24) is 9.03 Å². The predicted molar refractivity (Wildman–Crippen MR) is 129 cm³/mol. The Labute approximate surface area is 205 Å². The SMILES string of the molecule is CC(=O)N1CCCc2cc(S(=O)(=O)NCCOc3ccc(S(=O)(=O)N4CCOCC4)cc3)ccc21. The van der Waals surface area contributed by atoms with Crippen LogP contribution in [0.2, 0.25) is 0 Å². The van der Waals surface area contributed by atoms with Crippen LogP contribution in [-0.4, -0.2) is 73.0 Å². The number of amides is 1. The lowest BCUT2D eigenvalue weighted by atomic mass is 10.0. The summed E-state index contributed by atoms with van der Waals surface area (Å²) in [6.45, 7) is 3.61. The molecule has 2 heterocycles. The number of anilines is 1. The van der Waals surface area contributed by atoms with E-state index in [9.17, 15) is 21.6 Å². The summed E-state index contributed by atoms with van der Waals surface area (Å²) in [7, 11) is -7.34. The van der Waals surface area contributed by atoms with Crippen molar-refractivity contribution >= 4 is 31.6 Å². The van der Waals surface area contributed by atoms with Gasteiger partial charge < -0.3 is 14.4 Å². The van der Waals surface area contributed by atoms with E-state index >= 15 is 0 Å². The molecule has 1 saturated heterocycles. The number of fused-ring (bicyclic) bond motifs is 1. The summed E-state index contributed by atoms with van der Waals surface area (Å²) in [4.78, 5) is 13.8. The standard InChI is InChI=1S/C23H29N3O7S2/c1-18(27)26-11-2-3-19-17-22(8-9-23(19)26)34(28,29)24-10-14-33-20-4-6-21(7-5-20)35(30,31)25-12-15-32-16-13-25/h4-9,17,24H,2-3,10-16H2,1H3. The molecule has 0 bridgehead atoms. The van der Waals surface area contributed by atoms with Crippen LogP contribution in [0, 0.1) is 0 Å². The highest BCUT2D eigenvalue weighted by Gasteiger charge is 2.26. The molecule has 0 atom stereocenters. The molecule has 12 heteroatoms. The highest BCUT2D eigenvalue weighted by Crippen LogP contribution is 2.29. The molecular weight excluding hydrogens is 494 g/mol. The third-order valence-corrected chi connectivity index (χ3v) is 9.33. The molecule has 4 rings (SSSR count). The maximum Gasteiger partial charge on any atom is 0.243 e. The van der Waals surface area contributed by atoms with Gasteiger partial charge in [0.1, 0.15) is 12.4 Å². The summed E-state index contributed by atoms with van der Waals surface area (Å²) >= 11 is 0. The topological polar surface area (TPSA) is 122 Å². The molecule has 2 aromatic rings. The number of aryl methyl sites for hydroxylation is 1. The average Bonchev–Trinajstić information content (AvgIpc) is 2.86. The van der Waals surface area contributed by atoms with Gasteiger partial charge in [-0.05, 0) is 60.9 Å². The van der Waals surface area contributed by atoms with Gasteiger partial charge in [0.2, 0.25) is 26.0 Å². The summed E-state index contributed by atoms with van der Waals surface area (Å²) in [6.07, 6.45) is 1.49. The molecule has 0 radical (unpaired) electrons. The van der Waals surface area contributed by atoms with Crippen LogP contribution in [0.1, 0.15) is 18.9 Å². The summed E-state index contributed by atoms with van der Waals surface area (Å²) in [5.41, 5.74) is 1.59. The van der Waals surface area contributed by atoms with Gasteiger partial charge in [-0.2, -0.15) is 4.31 Å². The maximum absolute atomic E-state index is 12.7. The molecule has 0 aromatic heterocycles. The molecule has 0 unspecified atom stereocenters. The molecule has 1 amide bonds. The van der Waals surface area contributed by atoms with E-state index in [1.165, 1.54) is 29.4 Å². The molecule has 2 aliphatic heterocycles. The molecule has 1 fully saturated rings. The molecule has 35 heavy (non-hydrogen) atoms. The molecule has 1 N–H and O–H groups in total. The third-order valence-electron chi connectivity index (χ3n) is 5.95. The molecule has 0 saturated carbocycles. The minimum atomic E-state index is -3.75. The smallest absolute Gasteiger partial charge is 0.243 e. The molecule has 0 aliphatic carbocycles. The van der Waals surface area contributed by atoms with Crippen molar-refractivity contribution in [2.75, 3.05) is 50.9 Å². The normalized spacial score (nSPS) is 17.1. The predicted octanol–water partition coefficient (Wildman–Crippen LogP) is 1.36. The van der Waals surface area contributed by atoms with E-state index in [1.807, 2.05) is 0 Å². The number of morpholine rings is 1. The number of sulfonamides is 2. The van der Waals surface area contributed by atoms with Gasteiger partial charge in [-0.25, -0.2) is 21.6 Å². The number of hydrogen-bond donors (Lipinski definition) is 1. The zero-order chi connectivity index (χ0) is 25.1. The highest BCUT2D eigenvalue weighted by molar-refractivity contribution is 7.89. The first-order valence-electron chi connectivity index (χ1n) is 11.4. The summed E-state index contributed by atoms with van der Waals surface area (Å²) < 4.78 is 65.5. The summed E-state index contributed by atoms with van der Waals surface area (Å²) in [5, 5.41) is 0. The van der Waals surface area contributed by atoms with Crippen LogP contribution in [0.5, 0.6) is 5.75 Å². The summed E-state index contributed by atoms with van der Waals surface area (Å²) in [6, 6.07) is 10.8. The van der Waals surface area contributed by atoms with Crippen LogP contribution >= 0.6 is 0 Å². The second-order valence-electron chi connectivity index (χ2n) is 8.30. The first-order chi connectivity index (χ1) is 16.7.